The lowest BCUT2D eigenvalue weighted by atomic mass is 9.98. The number of hydrogen-bond donors (Lipinski definition) is 2. The predicted octanol–water partition coefficient (Wildman–Crippen LogP) is 2.56. The van der Waals surface area contributed by atoms with E-state index in [1.807, 2.05) is 0 Å². The first-order chi connectivity index (χ1) is 12.5. The lowest BCUT2D eigenvalue weighted by Crippen LogP contribution is -2.38. The van der Waals surface area contributed by atoms with E-state index in [0.29, 0.717) is 29.6 Å². The zero-order valence-corrected chi connectivity index (χ0v) is 15.4. The lowest BCUT2D eigenvalue weighted by molar-refractivity contribution is -0.384. The van der Waals surface area contributed by atoms with E-state index < -0.39 is 0 Å². The van der Waals surface area contributed by atoms with Gasteiger partial charge < -0.3 is 15.5 Å². The Morgan fingerprint density at radius 1 is 1.35 bits per heavy atom. The third-order valence-electron chi connectivity index (χ3n) is 5.51. The summed E-state index contributed by atoms with van der Waals surface area (Å²) in [5, 5.41) is 17.8. The van der Waals surface area contributed by atoms with Gasteiger partial charge in [0.05, 0.1) is 4.92 Å². The van der Waals surface area contributed by atoms with Crippen molar-refractivity contribution in [1.29, 1.82) is 0 Å². The Bertz CT molecular complexity index is 650. The summed E-state index contributed by atoms with van der Waals surface area (Å²) in [6.45, 7) is 6.40. The minimum Gasteiger partial charge on any atom is -0.366 e. The fourth-order valence-electron chi connectivity index (χ4n) is 3.77. The standard InChI is InChI=1S/C19H28N4O3/c1-14-6-9-22(10-7-14)17-5-4-16(11-18(17)23(25)26)19(24)21-13-15-3-2-8-20-12-15/h4-5,11,14-15,20H,2-3,6-10,12-13H2,1H3,(H,21,24). The number of amides is 1. The first-order valence-corrected chi connectivity index (χ1v) is 9.57. The van der Waals surface area contributed by atoms with Crippen LogP contribution < -0.4 is 15.5 Å². The minimum atomic E-state index is -0.380. The number of piperidine rings is 2. The monoisotopic (exact) mass is 360 g/mol. The molecule has 0 saturated carbocycles. The van der Waals surface area contributed by atoms with Crippen LogP contribution >= 0.6 is 0 Å². The lowest BCUT2D eigenvalue weighted by Gasteiger charge is -2.31. The van der Waals surface area contributed by atoms with E-state index in [0.717, 1.165) is 51.9 Å². The maximum atomic E-state index is 12.4. The highest BCUT2D eigenvalue weighted by Gasteiger charge is 2.25. The second-order valence-electron chi connectivity index (χ2n) is 7.55. The van der Waals surface area contributed by atoms with Crippen molar-refractivity contribution in [2.24, 2.45) is 11.8 Å². The molecule has 0 radical (unpaired) electrons. The number of nitro benzene ring substituents is 1. The summed E-state index contributed by atoms with van der Waals surface area (Å²) in [5.41, 5.74) is 0.996. The number of nitrogens with zero attached hydrogens (tertiary/aromatic N) is 2. The Labute approximate surface area is 154 Å². The number of carbonyl (C=O) groups excluding carboxylic acids is 1. The number of carbonyl (C=O) groups is 1. The Balaban J connectivity index is 1.69. The quantitative estimate of drug-likeness (QED) is 0.622. The molecule has 2 aliphatic heterocycles. The van der Waals surface area contributed by atoms with E-state index in [9.17, 15) is 14.9 Å². The van der Waals surface area contributed by atoms with Crippen molar-refractivity contribution in [3.05, 3.63) is 33.9 Å². The molecule has 3 rings (SSSR count). The van der Waals surface area contributed by atoms with Crippen LogP contribution in [-0.2, 0) is 0 Å². The highest BCUT2D eigenvalue weighted by atomic mass is 16.6. The molecule has 0 bridgehead atoms. The topological polar surface area (TPSA) is 87.5 Å². The van der Waals surface area contributed by atoms with Gasteiger partial charge in [-0.25, -0.2) is 0 Å². The summed E-state index contributed by atoms with van der Waals surface area (Å²) >= 11 is 0. The summed E-state index contributed by atoms with van der Waals surface area (Å²) < 4.78 is 0. The van der Waals surface area contributed by atoms with Crippen LogP contribution in [0.15, 0.2) is 18.2 Å². The van der Waals surface area contributed by atoms with Crippen LogP contribution in [0.1, 0.15) is 43.0 Å². The largest absolute Gasteiger partial charge is 0.366 e. The molecule has 1 atom stereocenters. The van der Waals surface area contributed by atoms with Gasteiger partial charge in [-0.1, -0.05) is 6.92 Å². The van der Waals surface area contributed by atoms with Crippen LogP contribution in [0.2, 0.25) is 0 Å². The van der Waals surface area contributed by atoms with Gasteiger partial charge in [-0.2, -0.15) is 0 Å². The van der Waals surface area contributed by atoms with E-state index in [1.165, 1.54) is 6.07 Å². The van der Waals surface area contributed by atoms with Crippen LogP contribution in [0.5, 0.6) is 0 Å². The van der Waals surface area contributed by atoms with Gasteiger partial charge in [-0.15, -0.1) is 0 Å². The van der Waals surface area contributed by atoms with Gasteiger partial charge in [-0.05, 0) is 62.7 Å². The summed E-state index contributed by atoms with van der Waals surface area (Å²) in [6, 6.07) is 4.85. The molecular formula is C19H28N4O3. The molecule has 1 unspecified atom stereocenters. The Kier molecular flexibility index (Phi) is 6.08. The van der Waals surface area contributed by atoms with Crippen LogP contribution in [-0.4, -0.2) is 43.6 Å². The number of nitrogens with one attached hydrogen (secondary N) is 2. The van der Waals surface area contributed by atoms with E-state index in [1.54, 1.807) is 12.1 Å². The second-order valence-corrected chi connectivity index (χ2v) is 7.55. The fraction of sp³-hybridized carbons (Fsp3) is 0.632. The van der Waals surface area contributed by atoms with Gasteiger partial charge in [0.2, 0.25) is 0 Å². The Hall–Kier alpha value is -2.15. The summed E-state index contributed by atoms with van der Waals surface area (Å²) in [6.07, 6.45) is 4.29. The zero-order chi connectivity index (χ0) is 18.5. The first kappa shape index (κ1) is 18.6. The van der Waals surface area contributed by atoms with E-state index in [-0.39, 0.29) is 16.5 Å². The third kappa shape index (κ3) is 4.52. The molecule has 0 aromatic heterocycles. The number of benzene rings is 1. The molecule has 2 N–H and O–H groups in total. The molecule has 26 heavy (non-hydrogen) atoms. The summed E-state index contributed by atoms with van der Waals surface area (Å²) in [4.78, 5) is 25.7. The van der Waals surface area contributed by atoms with Gasteiger partial charge in [0, 0.05) is 31.3 Å². The van der Waals surface area contributed by atoms with Gasteiger partial charge in [-0.3, -0.25) is 14.9 Å². The first-order valence-electron chi connectivity index (χ1n) is 9.57. The smallest absolute Gasteiger partial charge is 0.293 e. The van der Waals surface area contributed by atoms with Crippen molar-refractivity contribution >= 4 is 17.3 Å². The third-order valence-corrected chi connectivity index (χ3v) is 5.51. The van der Waals surface area contributed by atoms with Crippen molar-refractivity contribution in [3.63, 3.8) is 0 Å². The van der Waals surface area contributed by atoms with Crippen LogP contribution in [0, 0.1) is 22.0 Å². The normalized spacial score (nSPS) is 21.4. The molecule has 0 aliphatic carbocycles. The van der Waals surface area contributed by atoms with E-state index in [2.05, 4.69) is 22.5 Å². The summed E-state index contributed by atoms with van der Waals surface area (Å²) in [7, 11) is 0. The maximum Gasteiger partial charge on any atom is 0.293 e. The van der Waals surface area contributed by atoms with Crippen molar-refractivity contribution < 1.29 is 9.72 Å². The highest BCUT2D eigenvalue weighted by molar-refractivity contribution is 5.95. The second kappa shape index (κ2) is 8.49. The van der Waals surface area contributed by atoms with Gasteiger partial charge >= 0.3 is 0 Å². The molecule has 7 nitrogen and oxygen atoms in total. The van der Waals surface area contributed by atoms with Crippen LogP contribution in [0.3, 0.4) is 0 Å². The van der Waals surface area contributed by atoms with E-state index in [4.69, 9.17) is 0 Å². The van der Waals surface area contributed by atoms with Gasteiger partial charge in [0.25, 0.3) is 11.6 Å². The molecule has 0 spiro atoms. The van der Waals surface area contributed by atoms with Crippen molar-refractivity contribution in [1.82, 2.24) is 10.6 Å². The Morgan fingerprint density at radius 3 is 2.77 bits per heavy atom. The van der Waals surface area contributed by atoms with Crippen LogP contribution in [0.25, 0.3) is 0 Å². The van der Waals surface area contributed by atoms with E-state index >= 15 is 0 Å². The fourth-order valence-corrected chi connectivity index (χ4v) is 3.77. The SMILES string of the molecule is CC1CCN(c2ccc(C(=O)NCC3CCCNC3)cc2[N+](=O)[O-])CC1. The molecule has 1 aromatic carbocycles. The molecule has 1 amide bonds. The summed E-state index contributed by atoms with van der Waals surface area (Å²) in [5.74, 6) is 0.847. The molecule has 7 heteroatoms. The molecular weight excluding hydrogens is 332 g/mol. The average Bonchev–Trinajstić information content (AvgIpc) is 2.67. The van der Waals surface area contributed by atoms with Gasteiger partial charge in [0.15, 0.2) is 0 Å². The predicted molar refractivity (Wildman–Crippen MR) is 102 cm³/mol. The molecule has 2 aliphatic rings. The molecule has 142 valence electrons. The molecule has 1 aromatic rings. The molecule has 2 saturated heterocycles. The Morgan fingerprint density at radius 2 is 2.12 bits per heavy atom. The van der Waals surface area contributed by atoms with Crippen molar-refractivity contribution in [3.8, 4) is 0 Å². The minimum absolute atomic E-state index is 0.0199. The van der Waals surface area contributed by atoms with Gasteiger partial charge in [0.1, 0.15) is 5.69 Å². The number of hydrogen-bond acceptors (Lipinski definition) is 5. The van der Waals surface area contributed by atoms with Crippen molar-refractivity contribution in [2.75, 3.05) is 37.6 Å². The molecule has 2 fully saturated rings. The highest BCUT2D eigenvalue weighted by Crippen LogP contribution is 2.32. The number of nitro groups is 1. The van der Waals surface area contributed by atoms with Crippen LogP contribution in [0.4, 0.5) is 11.4 Å². The number of anilines is 1. The number of rotatable bonds is 5. The zero-order valence-electron chi connectivity index (χ0n) is 15.4. The van der Waals surface area contributed by atoms with Crippen molar-refractivity contribution in [2.45, 2.75) is 32.6 Å². The maximum absolute atomic E-state index is 12.4. The average molecular weight is 360 g/mol. The molecule has 2 heterocycles.